The van der Waals surface area contributed by atoms with Crippen molar-refractivity contribution < 1.29 is 21.7 Å². The van der Waals surface area contributed by atoms with Crippen LogP contribution in [0.5, 0.6) is 0 Å². The van der Waals surface area contributed by atoms with Crippen molar-refractivity contribution in [3.05, 3.63) is 65.6 Å². The number of rotatable bonds is 5. The third kappa shape index (κ3) is 3.52. The molecule has 2 aromatic carbocycles. The van der Waals surface area contributed by atoms with Crippen LogP contribution in [0.4, 0.5) is 25.8 Å². The molecule has 0 saturated heterocycles. The van der Waals surface area contributed by atoms with Crippen LogP contribution in [-0.4, -0.2) is 13.6 Å². The highest BCUT2D eigenvalue weighted by atomic mass is 32.2. The summed E-state index contributed by atoms with van der Waals surface area (Å²) in [5, 5.41) is 6.25. The van der Waals surface area contributed by atoms with Gasteiger partial charge in [0.25, 0.3) is 10.0 Å². The first-order valence-corrected chi connectivity index (χ1v) is 9.03. The maximum atomic E-state index is 13.7. The molecule has 2 N–H and O–H groups in total. The van der Waals surface area contributed by atoms with Gasteiger partial charge in [0.05, 0.1) is 0 Å². The Morgan fingerprint density at radius 1 is 0.962 bits per heavy atom. The largest absolute Gasteiger partial charge is 0.360 e. The summed E-state index contributed by atoms with van der Waals surface area (Å²) in [6.45, 7) is 3.03. The van der Waals surface area contributed by atoms with Gasteiger partial charge < -0.3 is 9.84 Å². The summed E-state index contributed by atoms with van der Waals surface area (Å²) in [6.07, 6.45) is 0. The van der Waals surface area contributed by atoms with Gasteiger partial charge in [0.1, 0.15) is 23.0 Å². The summed E-state index contributed by atoms with van der Waals surface area (Å²) in [5.74, 6) is -1.27. The first kappa shape index (κ1) is 17.9. The third-order valence-electron chi connectivity index (χ3n) is 3.61. The topological polar surface area (TPSA) is 84.2 Å². The fraction of sp³-hybridized carbons (Fsp3) is 0.118. The number of hydrogen-bond acceptors (Lipinski definition) is 5. The first-order valence-electron chi connectivity index (χ1n) is 7.55. The van der Waals surface area contributed by atoms with Crippen LogP contribution < -0.4 is 10.0 Å². The van der Waals surface area contributed by atoms with Gasteiger partial charge in [0, 0.05) is 11.4 Å². The molecule has 0 amide bonds. The monoisotopic (exact) mass is 379 g/mol. The van der Waals surface area contributed by atoms with Gasteiger partial charge in [-0.3, -0.25) is 4.72 Å². The van der Waals surface area contributed by atoms with Crippen LogP contribution in [0.3, 0.4) is 0 Å². The van der Waals surface area contributed by atoms with E-state index in [4.69, 9.17) is 4.52 Å². The van der Waals surface area contributed by atoms with E-state index in [0.717, 1.165) is 12.1 Å². The molecule has 0 spiro atoms. The Balaban J connectivity index is 1.80. The van der Waals surface area contributed by atoms with Gasteiger partial charge in [-0.25, -0.2) is 17.2 Å². The van der Waals surface area contributed by atoms with Gasteiger partial charge >= 0.3 is 0 Å². The average molecular weight is 379 g/mol. The molecule has 1 aromatic heterocycles. The predicted octanol–water partition coefficient (Wildman–Crippen LogP) is 4.11. The molecule has 0 atom stereocenters. The van der Waals surface area contributed by atoms with Crippen molar-refractivity contribution in [1.29, 1.82) is 0 Å². The van der Waals surface area contributed by atoms with E-state index in [1.807, 2.05) is 0 Å². The second kappa shape index (κ2) is 6.75. The molecule has 1 heterocycles. The smallest absolute Gasteiger partial charge is 0.267 e. The summed E-state index contributed by atoms with van der Waals surface area (Å²) in [6, 6.07) is 9.47. The van der Waals surface area contributed by atoms with E-state index in [9.17, 15) is 17.2 Å². The van der Waals surface area contributed by atoms with E-state index in [-0.39, 0.29) is 27.7 Å². The molecule has 3 aromatic rings. The van der Waals surface area contributed by atoms with Crippen LogP contribution in [-0.2, 0) is 10.0 Å². The lowest BCUT2D eigenvalue weighted by Gasteiger charge is -2.11. The molecule has 136 valence electrons. The molecule has 0 aliphatic rings. The number of halogens is 2. The summed E-state index contributed by atoms with van der Waals surface area (Å²) in [5.41, 5.74) is 0.652. The van der Waals surface area contributed by atoms with Gasteiger partial charge in [-0.2, -0.15) is 0 Å². The lowest BCUT2D eigenvalue weighted by atomic mass is 10.2. The summed E-state index contributed by atoms with van der Waals surface area (Å²) >= 11 is 0. The fourth-order valence-corrected chi connectivity index (χ4v) is 3.84. The Kier molecular flexibility index (Phi) is 4.64. The highest BCUT2D eigenvalue weighted by molar-refractivity contribution is 7.92. The van der Waals surface area contributed by atoms with Crippen molar-refractivity contribution in [2.45, 2.75) is 18.7 Å². The van der Waals surface area contributed by atoms with E-state index in [2.05, 4.69) is 15.2 Å². The molecule has 6 nitrogen and oxygen atoms in total. The molecule has 26 heavy (non-hydrogen) atoms. The molecular formula is C17H15F2N3O3S. The molecule has 0 aliphatic carbocycles. The third-order valence-corrected chi connectivity index (χ3v) is 5.23. The van der Waals surface area contributed by atoms with Crippen LogP contribution in [0, 0.1) is 25.5 Å². The van der Waals surface area contributed by atoms with Crippen molar-refractivity contribution in [2.24, 2.45) is 0 Å². The van der Waals surface area contributed by atoms with E-state index >= 15 is 0 Å². The molecular weight excluding hydrogens is 364 g/mol. The van der Waals surface area contributed by atoms with Crippen LogP contribution >= 0.6 is 0 Å². The summed E-state index contributed by atoms with van der Waals surface area (Å²) in [7, 11) is -3.86. The Morgan fingerprint density at radius 2 is 1.54 bits per heavy atom. The number of aryl methyl sites for hydroxylation is 2. The fourth-order valence-electron chi connectivity index (χ4n) is 2.45. The number of hydrogen-bond donors (Lipinski definition) is 2. The van der Waals surface area contributed by atoms with Crippen LogP contribution in [0.2, 0.25) is 0 Å². The standard InChI is InChI=1S/C17H15F2N3O3S/c1-10-17(11(2)25-21-10)26(23,24)22-13-8-6-12(7-9-13)20-16-14(18)4-3-5-15(16)19/h3-9,20,22H,1-2H3. The van der Waals surface area contributed by atoms with Crippen LogP contribution in [0.15, 0.2) is 51.9 Å². The number of para-hydroxylation sites is 1. The van der Waals surface area contributed by atoms with Gasteiger partial charge in [-0.05, 0) is 50.2 Å². The SMILES string of the molecule is Cc1noc(C)c1S(=O)(=O)Nc1ccc(Nc2c(F)cccc2F)cc1. The molecule has 3 rings (SSSR count). The molecule has 0 unspecified atom stereocenters. The maximum Gasteiger partial charge on any atom is 0.267 e. The van der Waals surface area contributed by atoms with Crippen LogP contribution in [0.25, 0.3) is 0 Å². The minimum atomic E-state index is -3.86. The number of nitrogens with zero attached hydrogens (tertiary/aromatic N) is 1. The van der Waals surface area contributed by atoms with E-state index < -0.39 is 21.7 Å². The normalized spacial score (nSPS) is 11.4. The Labute approximate surface area is 148 Å². The highest BCUT2D eigenvalue weighted by Crippen LogP contribution is 2.26. The molecule has 0 aliphatic heterocycles. The second-order valence-corrected chi connectivity index (χ2v) is 7.18. The lowest BCUT2D eigenvalue weighted by molar-refractivity contribution is 0.390. The highest BCUT2D eigenvalue weighted by Gasteiger charge is 2.24. The van der Waals surface area contributed by atoms with Crippen molar-refractivity contribution in [3.63, 3.8) is 0 Å². The number of benzene rings is 2. The summed E-state index contributed by atoms with van der Waals surface area (Å²) in [4.78, 5) is -0.0203. The minimum absolute atomic E-state index is 0.0203. The first-order chi connectivity index (χ1) is 12.3. The zero-order chi connectivity index (χ0) is 18.9. The minimum Gasteiger partial charge on any atom is -0.360 e. The molecule has 9 heteroatoms. The van der Waals surface area contributed by atoms with Crippen molar-refractivity contribution in [1.82, 2.24) is 5.16 Å². The number of anilines is 3. The summed E-state index contributed by atoms with van der Waals surface area (Å²) < 4.78 is 59.5. The lowest BCUT2D eigenvalue weighted by Crippen LogP contribution is -2.14. The Morgan fingerprint density at radius 3 is 2.08 bits per heavy atom. The predicted molar refractivity (Wildman–Crippen MR) is 92.9 cm³/mol. The maximum absolute atomic E-state index is 13.7. The van der Waals surface area contributed by atoms with E-state index in [0.29, 0.717) is 5.69 Å². The van der Waals surface area contributed by atoms with Gasteiger partial charge in [-0.15, -0.1) is 0 Å². The van der Waals surface area contributed by atoms with Crippen molar-refractivity contribution in [3.8, 4) is 0 Å². The van der Waals surface area contributed by atoms with E-state index in [1.54, 1.807) is 0 Å². The Hall–Kier alpha value is -2.94. The molecule has 0 fully saturated rings. The molecule has 0 saturated carbocycles. The number of nitrogens with one attached hydrogen (secondary N) is 2. The van der Waals surface area contributed by atoms with Crippen molar-refractivity contribution in [2.75, 3.05) is 10.0 Å². The quantitative estimate of drug-likeness (QED) is 0.697. The number of sulfonamides is 1. The van der Waals surface area contributed by atoms with Gasteiger partial charge in [0.2, 0.25) is 0 Å². The zero-order valence-corrected chi connectivity index (χ0v) is 14.7. The molecule has 0 bridgehead atoms. The zero-order valence-electron chi connectivity index (χ0n) is 13.9. The average Bonchev–Trinajstić information content (AvgIpc) is 2.92. The second-order valence-electron chi connectivity index (χ2n) is 5.56. The van der Waals surface area contributed by atoms with Gasteiger partial charge in [-0.1, -0.05) is 11.2 Å². The number of aromatic nitrogens is 1. The Bertz CT molecular complexity index is 1010. The van der Waals surface area contributed by atoms with E-state index in [1.165, 1.54) is 44.2 Å². The molecule has 0 radical (unpaired) electrons. The van der Waals surface area contributed by atoms with Crippen molar-refractivity contribution >= 4 is 27.1 Å². The van der Waals surface area contributed by atoms with Crippen LogP contribution in [0.1, 0.15) is 11.5 Å². The van der Waals surface area contributed by atoms with Gasteiger partial charge in [0.15, 0.2) is 10.7 Å².